The summed E-state index contributed by atoms with van der Waals surface area (Å²) in [5.74, 6) is 0.174. The Labute approximate surface area is 113 Å². The summed E-state index contributed by atoms with van der Waals surface area (Å²) >= 11 is 0. The van der Waals surface area contributed by atoms with Crippen LogP contribution in [-0.2, 0) is 6.54 Å². The normalized spacial score (nSPS) is 21.9. The van der Waals surface area contributed by atoms with Gasteiger partial charge in [0.2, 0.25) is 0 Å². The first-order valence-corrected chi connectivity index (χ1v) is 6.76. The molecule has 2 rings (SSSR count). The Balaban J connectivity index is 2.05. The molecular weight excluding hydrogens is 241 g/mol. The van der Waals surface area contributed by atoms with E-state index in [1.54, 1.807) is 6.07 Å². The van der Waals surface area contributed by atoms with Crippen molar-refractivity contribution >= 4 is 0 Å². The highest BCUT2D eigenvalue weighted by atomic mass is 19.1. The van der Waals surface area contributed by atoms with Crippen LogP contribution in [0.1, 0.15) is 30.9 Å². The third-order valence-electron chi connectivity index (χ3n) is 3.78. The number of nitrogens with two attached hydrogens (primary N) is 1. The van der Waals surface area contributed by atoms with E-state index in [9.17, 15) is 4.39 Å². The van der Waals surface area contributed by atoms with Gasteiger partial charge < -0.3 is 5.73 Å². The summed E-state index contributed by atoms with van der Waals surface area (Å²) in [5, 5.41) is 8.86. The van der Waals surface area contributed by atoms with Crippen LogP contribution in [0.5, 0.6) is 0 Å². The Morgan fingerprint density at radius 2 is 2.32 bits per heavy atom. The molecule has 1 aromatic rings. The summed E-state index contributed by atoms with van der Waals surface area (Å²) in [4.78, 5) is 2.30. The Kier molecular flexibility index (Phi) is 4.52. The van der Waals surface area contributed by atoms with Crippen molar-refractivity contribution in [1.82, 2.24) is 4.90 Å². The number of nitrogens with zero attached hydrogens (tertiary/aromatic N) is 2. The molecule has 2 atom stereocenters. The van der Waals surface area contributed by atoms with Crippen LogP contribution in [0, 0.1) is 23.1 Å². The van der Waals surface area contributed by atoms with Gasteiger partial charge in [0, 0.05) is 19.1 Å². The minimum absolute atomic E-state index is 0.199. The van der Waals surface area contributed by atoms with E-state index in [2.05, 4.69) is 4.90 Å². The van der Waals surface area contributed by atoms with E-state index in [1.165, 1.54) is 18.6 Å². The molecule has 2 N–H and O–H groups in total. The summed E-state index contributed by atoms with van der Waals surface area (Å²) in [6.07, 6.45) is 2.30. The smallest absolute Gasteiger partial charge is 0.124 e. The van der Waals surface area contributed by atoms with Crippen molar-refractivity contribution in [3.05, 3.63) is 35.1 Å². The van der Waals surface area contributed by atoms with Gasteiger partial charge in [-0.05, 0) is 56.0 Å². The molecule has 0 aliphatic carbocycles. The minimum Gasteiger partial charge on any atom is -0.328 e. The Morgan fingerprint density at radius 1 is 1.53 bits per heavy atom. The molecule has 19 heavy (non-hydrogen) atoms. The zero-order valence-corrected chi connectivity index (χ0v) is 11.3. The maximum absolute atomic E-state index is 13.4. The molecule has 102 valence electrons. The summed E-state index contributed by atoms with van der Waals surface area (Å²) in [6, 6.07) is 6.73. The summed E-state index contributed by atoms with van der Waals surface area (Å²) in [7, 11) is 0. The number of piperidine rings is 1. The van der Waals surface area contributed by atoms with Crippen LogP contribution in [0.3, 0.4) is 0 Å². The second-order valence-electron chi connectivity index (χ2n) is 5.46. The lowest BCUT2D eigenvalue weighted by Gasteiger charge is -2.34. The molecular formula is C15H20FN3. The number of rotatable bonds is 3. The minimum atomic E-state index is -0.338. The summed E-state index contributed by atoms with van der Waals surface area (Å²) in [5.41, 5.74) is 7.21. The highest BCUT2D eigenvalue weighted by Crippen LogP contribution is 2.21. The van der Waals surface area contributed by atoms with Gasteiger partial charge in [-0.25, -0.2) is 4.39 Å². The van der Waals surface area contributed by atoms with Gasteiger partial charge in [0.1, 0.15) is 5.82 Å². The van der Waals surface area contributed by atoms with Gasteiger partial charge >= 0.3 is 0 Å². The number of nitriles is 1. The second-order valence-corrected chi connectivity index (χ2v) is 5.46. The Bertz CT molecular complexity index is 479. The van der Waals surface area contributed by atoms with E-state index in [-0.39, 0.29) is 11.9 Å². The first-order valence-electron chi connectivity index (χ1n) is 6.76. The van der Waals surface area contributed by atoms with E-state index in [1.807, 2.05) is 13.0 Å². The van der Waals surface area contributed by atoms with Crippen LogP contribution in [0.2, 0.25) is 0 Å². The van der Waals surface area contributed by atoms with E-state index >= 15 is 0 Å². The fourth-order valence-corrected chi connectivity index (χ4v) is 2.73. The molecule has 1 aliphatic rings. The van der Waals surface area contributed by atoms with Crippen molar-refractivity contribution in [3.8, 4) is 6.07 Å². The molecule has 0 amide bonds. The molecule has 0 spiro atoms. The zero-order chi connectivity index (χ0) is 13.8. The SMILES string of the molecule is CC(N)C1CCCN(Cc2cc(F)cc(C#N)c2)C1. The highest BCUT2D eigenvalue weighted by molar-refractivity contribution is 5.33. The summed E-state index contributed by atoms with van der Waals surface area (Å²) in [6.45, 7) is 4.71. The number of halogens is 1. The molecule has 4 heteroatoms. The molecule has 0 radical (unpaired) electrons. The predicted molar refractivity (Wildman–Crippen MR) is 72.8 cm³/mol. The third-order valence-corrected chi connectivity index (χ3v) is 3.78. The molecule has 1 saturated heterocycles. The average Bonchev–Trinajstić information content (AvgIpc) is 2.38. The summed E-state index contributed by atoms with van der Waals surface area (Å²) < 4.78 is 13.4. The largest absolute Gasteiger partial charge is 0.328 e. The molecule has 1 aliphatic heterocycles. The van der Waals surface area contributed by atoms with Crippen LogP contribution in [-0.4, -0.2) is 24.0 Å². The van der Waals surface area contributed by atoms with Crippen LogP contribution in [0.25, 0.3) is 0 Å². The Morgan fingerprint density at radius 3 is 3.00 bits per heavy atom. The fraction of sp³-hybridized carbons (Fsp3) is 0.533. The Hall–Kier alpha value is -1.44. The van der Waals surface area contributed by atoms with Crippen molar-refractivity contribution in [2.45, 2.75) is 32.4 Å². The van der Waals surface area contributed by atoms with Crippen molar-refractivity contribution in [2.75, 3.05) is 13.1 Å². The number of benzene rings is 1. The lowest BCUT2D eigenvalue weighted by atomic mass is 9.92. The maximum Gasteiger partial charge on any atom is 0.124 e. The number of hydrogen-bond donors (Lipinski definition) is 1. The molecule has 3 nitrogen and oxygen atoms in total. The van der Waals surface area contributed by atoms with Crippen LogP contribution < -0.4 is 5.73 Å². The molecule has 0 bridgehead atoms. The topological polar surface area (TPSA) is 53.0 Å². The van der Waals surface area contributed by atoms with Gasteiger partial charge in [0.15, 0.2) is 0 Å². The van der Waals surface area contributed by atoms with Gasteiger partial charge in [-0.15, -0.1) is 0 Å². The number of hydrogen-bond acceptors (Lipinski definition) is 3. The maximum atomic E-state index is 13.4. The van der Waals surface area contributed by atoms with Crippen LogP contribution >= 0.6 is 0 Å². The second kappa shape index (κ2) is 6.14. The number of likely N-dealkylation sites (tertiary alicyclic amines) is 1. The van der Waals surface area contributed by atoms with Crippen molar-refractivity contribution in [2.24, 2.45) is 11.7 Å². The molecule has 2 unspecified atom stereocenters. The first kappa shape index (κ1) is 14.0. The quantitative estimate of drug-likeness (QED) is 0.908. The lowest BCUT2D eigenvalue weighted by molar-refractivity contribution is 0.154. The van der Waals surface area contributed by atoms with Gasteiger partial charge in [-0.1, -0.05) is 0 Å². The van der Waals surface area contributed by atoms with Gasteiger partial charge in [-0.3, -0.25) is 4.90 Å². The van der Waals surface area contributed by atoms with Crippen molar-refractivity contribution < 1.29 is 4.39 Å². The third kappa shape index (κ3) is 3.76. The van der Waals surface area contributed by atoms with E-state index in [0.29, 0.717) is 18.0 Å². The van der Waals surface area contributed by atoms with Crippen molar-refractivity contribution in [3.63, 3.8) is 0 Å². The van der Waals surface area contributed by atoms with Gasteiger partial charge in [0.05, 0.1) is 11.6 Å². The van der Waals surface area contributed by atoms with E-state index in [0.717, 1.165) is 25.1 Å². The monoisotopic (exact) mass is 261 g/mol. The molecule has 1 heterocycles. The lowest BCUT2D eigenvalue weighted by Crippen LogP contribution is -2.41. The fourth-order valence-electron chi connectivity index (χ4n) is 2.73. The molecule has 1 aromatic carbocycles. The van der Waals surface area contributed by atoms with E-state index in [4.69, 9.17) is 11.0 Å². The molecule has 0 aromatic heterocycles. The first-order chi connectivity index (χ1) is 9.08. The molecule has 0 saturated carbocycles. The van der Waals surface area contributed by atoms with Gasteiger partial charge in [0.25, 0.3) is 0 Å². The van der Waals surface area contributed by atoms with Crippen molar-refractivity contribution in [1.29, 1.82) is 5.26 Å². The van der Waals surface area contributed by atoms with E-state index < -0.39 is 0 Å². The molecule has 1 fully saturated rings. The predicted octanol–water partition coefficient (Wildman–Crippen LogP) is 2.26. The van der Waals surface area contributed by atoms with Crippen LogP contribution in [0.4, 0.5) is 4.39 Å². The average molecular weight is 261 g/mol. The highest BCUT2D eigenvalue weighted by Gasteiger charge is 2.22. The standard InChI is InChI=1S/C15H20FN3/c1-11(18)14-3-2-4-19(10-14)9-13-5-12(8-17)6-15(16)7-13/h5-7,11,14H,2-4,9-10,18H2,1H3. The van der Waals surface area contributed by atoms with Gasteiger partial charge in [-0.2, -0.15) is 5.26 Å². The zero-order valence-electron chi connectivity index (χ0n) is 11.3. The van der Waals surface area contributed by atoms with Crippen LogP contribution in [0.15, 0.2) is 18.2 Å².